The predicted molar refractivity (Wildman–Crippen MR) is 45.3 cm³/mol. The van der Waals surface area contributed by atoms with Crippen molar-refractivity contribution < 1.29 is 9.47 Å². The quantitative estimate of drug-likeness (QED) is 0.337. The van der Waals surface area contributed by atoms with Crippen LogP contribution in [0.2, 0.25) is 0 Å². The summed E-state index contributed by atoms with van der Waals surface area (Å²) in [4.78, 5) is 0. The fraction of sp³-hybridized carbons (Fsp3) is 0.857. The highest BCUT2D eigenvalue weighted by molar-refractivity contribution is 7.78. The van der Waals surface area contributed by atoms with Gasteiger partial charge in [0.2, 0.25) is 0 Å². The zero-order valence-electron chi connectivity index (χ0n) is 6.50. The molecule has 60 valence electrons. The van der Waals surface area contributed by atoms with Crippen molar-refractivity contribution in [3.05, 3.63) is 0 Å². The Hall–Kier alpha value is 0.01000. The van der Waals surface area contributed by atoms with Gasteiger partial charge >= 0.3 is 0 Å². The number of methoxy groups -OCH3 is 2. The topological polar surface area (TPSA) is 18.5 Å². The van der Waals surface area contributed by atoms with Crippen molar-refractivity contribution in [3.8, 4) is 0 Å². The summed E-state index contributed by atoms with van der Waals surface area (Å²) in [7, 11) is 3.29. The SMILES string of the molecule is COC(CCCC=S)OC. The van der Waals surface area contributed by atoms with Crippen LogP contribution >= 0.6 is 12.2 Å². The number of hydrogen-bond donors (Lipinski definition) is 0. The van der Waals surface area contributed by atoms with E-state index in [2.05, 4.69) is 12.2 Å². The van der Waals surface area contributed by atoms with Crippen molar-refractivity contribution in [2.24, 2.45) is 0 Å². The highest BCUT2D eigenvalue weighted by Crippen LogP contribution is 2.02. The summed E-state index contributed by atoms with van der Waals surface area (Å²) in [6.07, 6.45) is 2.85. The molecule has 0 aliphatic carbocycles. The van der Waals surface area contributed by atoms with E-state index in [9.17, 15) is 0 Å². The number of ether oxygens (including phenoxy) is 2. The minimum Gasteiger partial charge on any atom is -0.356 e. The molecule has 0 N–H and O–H groups in total. The molecule has 0 aliphatic heterocycles. The Balaban J connectivity index is 3.16. The van der Waals surface area contributed by atoms with Gasteiger partial charge in [0, 0.05) is 14.2 Å². The molecular formula is C7H14O2S. The molecule has 0 radical (unpaired) electrons. The van der Waals surface area contributed by atoms with Gasteiger partial charge in [0.05, 0.1) is 0 Å². The minimum absolute atomic E-state index is 0.0602. The lowest BCUT2D eigenvalue weighted by atomic mass is 10.2. The number of hydrogen-bond acceptors (Lipinski definition) is 3. The molecule has 0 spiro atoms. The zero-order valence-corrected chi connectivity index (χ0v) is 7.32. The van der Waals surface area contributed by atoms with Crippen LogP contribution < -0.4 is 0 Å². The van der Waals surface area contributed by atoms with Gasteiger partial charge < -0.3 is 9.47 Å². The highest BCUT2D eigenvalue weighted by atomic mass is 32.1. The van der Waals surface area contributed by atoms with Crippen LogP contribution in [0.1, 0.15) is 19.3 Å². The molecule has 2 nitrogen and oxygen atoms in total. The normalized spacial score (nSPS) is 10.3. The van der Waals surface area contributed by atoms with Gasteiger partial charge in [-0.3, -0.25) is 0 Å². The van der Waals surface area contributed by atoms with E-state index >= 15 is 0 Å². The summed E-state index contributed by atoms with van der Waals surface area (Å²) < 4.78 is 9.95. The zero-order chi connectivity index (χ0) is 7.82. The van der Waals surface area contributed by atoms with Gasteiger partial charge in [-0.05, 0) is 24.6 Å². The van der Waals surface area contributed by atoms with Gasteiger partial charge in [-0.25, -0.2) is 0 Å². The Labute approximate surface area is 67.5 Å². The van der Waals surface area contributed by atoms with Gasteiger partial charge in [0.15, 0.2) is 6.29 Å². The molecule has 0 fully saturated rings. The largest absolute Gasteiger partial charge is 0.356 e. The first-order valence-corrected chi connectivity index (χ1v) is 3.81. The van der Waals surface area contributed by atoms with Crippen LogP contribution in [-0.2, 0) is 9.47 Å². The molecule has 0 aromatic carbocycles. The molecule has 0 saturated heterocycles. The number of unbranched alkanes of at least 4 members (excludes halogenated alkanes) is 1. The van der Waals surface area contributed by atoms with Gasteiger partial charge in [-0.1, -0.05) is 12.2 Å². The predicted octanol–water partition coefficient (Wildman–Crippen LogP) is 1.78. The standard InChI is InChI=1S/C7H14O2S/c1-8-7(9-2)5-3-4-6-10/h6-7H,3-5H2,1-2H3. The van der Waals surface area contributed by atoms with Crippen molar-refractivity contribution in [3.63, 3.8) is 0 Å². The van der Waals surface area contributed by atoms with Gasteiger partial charge in [-0.15, -0.1) is 0 Å². The lowest BCUT2D eigenvalue weighted by molar-refractivity contribution is -0.106. The maximum atomic E-state index is 4.98. The van der Waals surface area contributed by atoms with Gasteiger partial charge in [0.25, 0.3) is 0 Å². The average molecular weight is 162 g/mol. The third-order valence-electron chi connectivity index (χ3n) is 1.29. The average Bonchev–Trinajstić information content (AvgIpc) is 1.99. The Morgan fingerprint density at radius 2 is 2.00 bits per heavy atom. The Morgan fingerprint density at radius 3 is 2.40 bits per heavy atom. The second-order valence-corrected chi connectivity index (χ2v) is 2.33. The van der Waals surface area contributed by atoms with Crippen LogP contribution in [0.5, 0.6) is 0 Å². The molecular weight excluding hydrogens is 148 g/mol. The van der Waals surface area contributed by atoms with E-state index in [1.165, 1.54) is 0 Å². The van der Waals surface area contributed by atoms with E-state index in [-0.39, 0.29) is 6.29 Å². The summed E-state index contributed by atoms with van der Waals surface area (Å²) in [5, 5.41) is 1.74. The Kier molecular flexibility index (Phi) is 7.13. The van der Waals surface area contributed by atoms with E-state index in [1.54, 1.807) is 19.6 Å². The molecule has 0 aliphatic rings. The van der Waals surface area contributed by atoms with E-state index < -0.39 is 0 Å². The van der Waals surface area contributed by atoms with E-state index in [4.69, 9.17) is 9.47 Å². The van der Waals surface area contributed by atoms with Gasteiger partial charge in [-0.2, -0.15) is 0 Å². The summed E-state index contributed by atoms with van der Waals surface area (Å²) in [6.45, 7) is 0. The van der Waals surface area contributed by atoms with Crippen molar-refractivity contribution in [2.75, 3.05) is 14.2 Å². The molecule has 0 heterocycles. The lowest BCUT2D eigenvalue weighted by Gasteiger charge is -2.11. The first kappa shape index (κ1) is 10.0. The second kappa shape index (κ2) is 7.12. The monoisotopic (exact) mass is 162 g/mol. The molecule has 0 aromatic heterocycles. The van der Waals surface area contributed by atoms with Crippen LogP contribution in [0, 0.1) is 0 Å². The fourth-order valence-electron chi connectivity index (χ4n) is 0.700. The lowest BCUT2D eigenvalue weighted by Crippen LogP contribution is -2.12. The van der Waals surface area contributed by atoms with Crippen molar-refractivity contribution in [1.82, 2.24) is 0 Å². The van der Waals surface area contributed by atoms with Crippen LogP contribution in [0.4, 0.5) is 0 Å². The molecule has 3 heteroatoms. The van der Waals surface area contributed by atoms with Gasteiger partial charge in [0.1, 0.15) is 0 Å². The summed E-state index contributed by atoms with van der Waals surface area (Å²) >= 11 is 4.67. The van der Waals surface area contributed by atoms with Crippen LogP contribution in [-0.4, -0.2) is 25.9 Å². The fourth-order valence-corrected chi connectivity index (χ4v) is 0.866. The summed E-state index contributed by atoms with van der Waals surface area (Å²) in [6, 6.07) is 0. The third kappa shape index (κ3) is 4.85. The van der Waals surface area contributed by atoms with Crippen molar-refractivity contribution >= 4 is 17.6 Å². The third-order valence-corrected chi connectivity index (χ3v) is 1.52. The van der Waals surface area contributed by atoms with Crippen LogP contribution in [0.15, 0.2) is 0 Å². The number of rotatable bonds is 6. The molecule has 0 atom stereocenters. The second-order valence-electron chi connectivity index (χ2n) is 2.00. The van der Waals surface area contributed by atoms with Crippen LogP contribution in [0.25, 0.3) is 0 Å². The molecule has 0 amide bonds. The summed E-state index contributed by atoms with van der Waals surface area (Å²) in [5.74, 6) is 0. The minimum atomic E-state index is -0.0602. The molecule has 0 saturated carbocycles. The van der Waals surface area contributed by atoms with E-state index in [0.29, 0.717) is 0 Å². The smallest absolute Gasteiger partial charge is 0.156 e. The highest BCUT2D eigenvalue weighted by Gasteiger charge is 2.01. The first-order chi connectivity index (χ1) is 4.85. The molecule has 0 rings (SSSR count). The van der Waals surface area contributed by atoms with Crippen molar-refractivity contribution in [1.29, 1.82) is 0 Å². The summed E-state index contributed by atoms with van der Waals surface area (Å²) in [5.41, 5.74) is 0. The van der Waals surface area contributed by atoms with Crippen molar-refractivity contribution in [2.45, 2.75) is 25.6 Å². The Bertz CT molecular complexity index is 81.7. The van der Waals surface area contributed by atoms with E-state index in [0.717, 1.165) is 19.3 Å². The Morgan fingerprint density at radius 1 is 1.40 bits per heavy atom. The van der Waals surface area contributed by atoms with E-state index in [1.807, 2.05) is 0 Å². The first-order valence-electron chi connectivity index (χ1n) is 3.34. The molecule has 10 heavy (non-hydrogen) atoms. The maximum absolute atomic E-state index is 4.98. The maximum Gasteiger partial charge on any atom is 0.156 e. The molecule has 0 unspecified atom stereocenters. The number of thiocarbonyl (C=S) groups is 1. The van der Waals surface area contributed by atoms with Crippen LogP contribution in [0.3, 0.4) is 0 Å². The molecule has 0 bridgehead atoms. The molecule has 0 aromatic rings.